The number of hydrogen-bond acceptors (Lipinski definition) is 3. The number of carbonyl (C=O) groups is 1. The molecule has 0 N–H and O–H groups in total. The predicted molar refractivity (Wildman–Crippen MR) is 62.7 cm³/mol. The van der Waals surface area contributed by atoms with Crippen molar-refractivity contribution < 1.29 is 9.53 Å². The Morgan fingerprint density at radius 3 is 3.00 bits per heavy atom. The second-order valence-electron chi connectivity index (χ2n) is 3.58. The smallest absolute Gasteiger partial charge is 0.415 e. The molecule has 4 heteroatoms. The van der Waals surface area contributed by atoms with Crippen molar-refractivity contribution >= 4 is 12.2 Å². The summed E-state index contributed by atoms with van der Waals surface area (Å²) in [6.07, 6.45) is 2.90. The van der Waals surface area contributed by atoms with Gasteiger partial charge in [-0.25, -0.2) is 4.79 Å². The molecule has 0 saturated carbocycles. The fraction of sp³-hybridized carbons (Fsp3) is 0.231. The summed E-state index contributed by atoms with van der Waals surface area (Å²) < 4.78 is 4.91. The van der Waals surface area contributed by atoms with E-state index in [1.165, 1.54) is 4.90 Å². The minimum Gasteiger partial charge on any atom is -0.449 e. The molecule has 0 radical (unpaired) electrons. The number of fused-ring (bicyclic) bond motifs is 1. The Labute approximate surface area is 99.7 Å². The maximum Gasteiger partial charge on any atom is 0.415 e. The zero-order chi connectivity index (χ0) is 12.3. The molecular weight excluding hydrogens is 216 g/mol. The van der Waals surface area contributed by atoms with Gasteiger partial charge in [0.25, 0.3) is 0 Å². The SMILES string of the molecule is CCOC(=O)N1C=Cc2ccccc2[C@H]1C#N. The fourth-order valence-electron chi connectivity index (χ4n) is 1.80. The highest BCUT2D eigenvalue weighted by molar-refractivity contribution is 5.74. The number of amides is 1. The summed E-state index contributed by atoms with van der Waals surface area (Å²) in [4.78, 5) is 13.0. The molecule has 1 amide bonds. The van der Waals surface area contributed by atoms with Crippen LogP contribution >= 0.6 is 0 Å². The van der Waals surface area contributed by atoms with E-state index < -0.39 is 12.1 Å². The van der Waals surface area contributed by atoms with E-state index in [1.807, 2.05) is 24.3 Å². The van der Waals surface area contributed by atoms with Gasteiger partial charge < -0.3 is 4.74 Å². The minimum absolute atomic E-state index is 0.295. The summed E-state index contributed by atoms with van der Waals surface area (Å²) in [5.41, 5.74) is 1.78. The van der Waals surface area contributed by atoms with Crippen molar-refractivity contribution in [1.29, 1.82) is 5.26 Å². The quantitative estimate of drug-likeness (QED) is 0.742. The lowest BCUT2D eigenvalue weighted by Crippen LogP contribution is -2.32. The van der Waals surface area contributed by atoms with Crippen molar-refractivity contribution in [3.8, 4) is 6.07 Å². The minimum atomic E-state index is -0.616. The fourth-order valence-corrected chi connectivity index (χ4v) is 1.80. The molecule has 1 aliphatic rings. The predicted octanol–water partition coefficient (Wildman–Crippen LogP) is 2.69. The maximum atomic E-state index is 11.7. The zero-order valence-corrected chi connectivity index (χ0v) is 9.46. The maximum absolute atomic E-state index is 11.7. The van der Waals surface area contributed by atoms with Gasteiger partial charge in [-0.15, -0.1) is 0 Å². The summed E-state index contributed by atoms with van der Waals surface area (Å²) >= 11 is 0. The molecule has 1 atom stereocenters. The van der Waals surface area contributed by atoms with Gasteiger partial charge in [-0.2, -0.15) is 5.26 Å². The van der Waals surface area contributed by atoms with Crippen LogP contribution in [0.15, 0.2) is 30.5 Å². The van der Waals surface area contributed by atoms with Crippen LogP contribution in [0.5, 0.6) is 0 Å². The van der Waals surface area contributed by atoms with E-state index in [0.717, 1.165) is 11.1 Å². The van der Waals surface area contributed by atoms with Crippen LogP contribution in [-0.4, -0.2) is 17.6 Å². The average molecular weight is 228 g/mol. The average Bonchev–Trinajstić information content (AvgIpc) is 2.37. The second kappa shape index (κ2) is 4.71. The van der Waals surface area contributed by atoms with Crippen LogP contribution in [-0.2, 0) is 4.74 Å². The first-order chi connectivity index (χ1) is 8.27. The normalized spacial score (nSPS) is 17.2. The molecule has 2 rings (SSSR count). The Hall–Kier alpha value is -2.28. The molecule has 1 aromatic carbocycles. The topological polar surface area (TPSA) is 53.3 Å². The number of ether oxygens (including phenoxy) is 1. The van der Waals surface area contributed by atoms with Crippen LogP contribution in [0, 0.1) is 11.3 Å². The van der Waals surface area contributed by atoms with Gasteiger partial charge in [0.2, 0.25) is 0 Å². The molecule has 0 saturated heterocycles. The lowest BCUT2D eigenvalue weighted by molar-refractivity contribution is 0.116. The van der Waals surface area contributed by atoms with Gasteiger partial charge in [-0.3, -0.25) is 4.90 Å². The summed E-state index contributed by atoms with van der Waals surface area (Å²) in [5.74, 6) is 0. The summed E-state index contributed by atoms with van der Waals surface area (Å²) in [5, 5.41) is 9.19. The largest absolute Gasteiger partial charge is 0.449 e. The molecular formula is C13H12N2O2. The lowest BCUT2D eigenvalue weighted by atomic mass is 9.97. The molecule has 0 bridgehead atoms. The van der Waals surface area contributed by atoms with Crippen LogP contribution in [0.3, 0.4) is 0 Å². The highest BCUT2D eigenvalue weighted by Gasteiger charge is 2.28. The van der Waals surface area contributed by atoms with Gasteiger partial charge in [-0.05, 0) is 24.1 Å². The first kappa shape index (κ1) is 11.2. The highest BCUT2D eigenvalue weighted by atomic mass is 16.6. The first-order valence-electron chi connectivity index (χ1n) is 5.39. The molecule has 86 valence electrons. The van der Waals surface area contributed by atoms with Crippen molar-refractivity contribution in [2.75, 3.05) is 6.61 Å². The summed E-state index contributed by atoms with van der Waals surface area (Å²) in [7, 11) is 0. The van der Waals surface area contributed by atoms with Gasteiger partial charge in [-0.1, -0.05) is 24.3 Å². The molecule has 0 fully saturated rings. The third-order valence-corrected chi connectivity index (χ3v) is 2.58. The standard InChI is InChI=1S/C13H12N2O2/c1-2-17-13(16)15-8-7-10-5-3-4-6-11(10)12(15)9-14/h3-8,12H,2H2,1H3/t12-/m1/s1. The Kier molecular flexibility index (Phi) is 3.10. The Morgan fingerprint density at radius 2 is 2.29 bits per heavy atom. The number of benzene rings is 1. The highest BCUT2D eigenvalue weighted by Crippen LogP contribution is 2.29. The zero-order valence-electron chi connectivity index (χ0n) is 9.46. The molecule has 1 aliphatic heterocycles. The molecule has 0 spiro atoms. The van der Waals surface area contributed by atoms with E-state index in [0.29, 0.717) is 6.61 Å². The van der Waals surface area contributed by atoms with E-state index >= 15 is 0 Å². The number of nitrogens with zero attached hydrogens (tertiary/aromatic N) is 2. The molecule has 1 heterocycles. The summed E-state index contributed by atoms with van der Waals surface area (Å²) in [6.45, 7) is 2.03. The van der Waals surface area contributed by atoms with Crippen LogP contribution in [0.2, 0.25) is 0 Å². The Bertz CT molecular complexity index is 502. The number of hydrogen-bond donors (Lipinski definition) is 0. The van der Waals surface area contributed by atoms with Crippen molar-refractivity contribution in [1.82, 2.24) is 4.90 Å². The van der Waals surface area contributed by atoms with Crippen molar-refractivity contribution in [2.45, 2.75) is 13.0 Å². The molecule has 0 aromatic heterocycles. The molecule has 1 aromatic rings. The van der Waals surface area contributed by atoms with E-state index in [2.05, 4.69) is 6.07 Å². The third-order valence-electron chi connectivity index (χ3n) is 2.58. The molecule has 0 unspecified atom stereocenters. The Morgan fingerprint density at radius 1 is 1.53 bits per heavy atom. The second-order valence-corrected chi connectivity index (χ2v) is 3.58. The number of carbonyl (C=O) groups excluding carboxylic acids is 1. The molecule has 4 nitrogen and oxygen atoms in total. The molecule has 17 heavy (non-hydrogen) atoms. The van der Waals surface area contributed by atoms with Gasteiger partial charge in [0.05, 0.1) is 12.7 Å². The Balaban J connectivity index is 2.36. The van der Waals surface area contributed by atoms with Crippen LogP contribution < -0.4 is 0 Å². The van der Waals surface area contributed by atoms with Crippen molar-refractivity contribution in [2.24, 2.45) is 0 Å². The number of rotatable bonds is 1. The van der Waals surface area contributed by atoms with Crippen LogP contribution in [0.25, 0.3) is 6.08 Å². The van der Waals surface area contributed by atoms with E-state index in [9.17, 15) is 10.1 Å². The van der Waals surface area contributed by atoms with Crippen LogP contribution in [0.1, 0.15) is 24.1 Å². The third kappa shape index (κ3) is 2.00. The number of nitriles is 1. The van der Waals surface area contributed by atoms with Gasteiger partial charge in [0.15, 0.2) is 6.04 Å². The van der Waals surface area contributed by atoms with Crippen molar-refractivity contribution in [3.63, 3.8) is 0 Å². The van der Waals surface area contributed by atoms with Crippen molar-refractivity contribution in [3.05, 3.63) is 41.6 Å². The van der Waals surface area contributed by atoms with Crippen LogP contribution in [0.4, 0.5) is 4.79 Å². The van der Waals surface area contributed by atoms with E-state index in [4.69, 9.17) is 4.74 Å². The lowest BCUT2D eigenvalue weighted by Gasteiger charge is -2.27. The molecule has 0 aliphatic carbocycles. The van der Waals surface area contributed by atoms with Gasteiger partial charge >= 0.3 is 6.09 Å². The van der Waals surface area contributed by atoms with Gasteiger partial charge in [0, 0.05) is 6.20 Å². The summed E-state index contributed by atoms with van der Waals surface area (Å²) in [6, 6.07) is 9.02. The van der Waals surface area contributed by atoms with E-state index in [1.54, 1.807) is 19.2 Å². The first-order valence-corrected chi connectivity index (χ1v) is 5.39. The monoisotopic (exact) mass is 228 g/mol. The van der Waals surface area contributed by atoms with Gasteiger partial charge in [0.1, 0.15) is 0 Å². The van der Waals surface area contributed by atoms with E-state index in [-0.39, 0.29) is 0 Å².